The summed E-state index contributed by atoms with van der Waals surface area (Å²) in [4.78, 5) is 11.4. The Labute approximate surface area is 95.0 Å². The summed E-state index contributed by atoms with van der Waals surface area (Å²) in [6.45, 7) is 0.340. The molecule has 0 radical (unpaired) electrons. The molecule has 1 N–H and O–H groups in total. The molecule has 16 heavy (non-hydrogen) atoms. The molecule has 0 aromatic heterocycles. The summed E-state index contributed by atoms with van der Waals surface area (Å²) in [5.41, 5.74) is 1.00. The van der Waals surface area contributed by atoms with Crippen molar-refractivity contribution in [1.29, 1.82) is 0 Å². The van der Waals surface area contributed by atoms with Crippen molar-refractivity contribution >= 4 is 5.97 Å². The van der Waals surface area contributed by atoms with E-state index in [-0.39, 0.29) is 12.1 Å². The SMILES string of the molecule is O=C(CCC1CC1O)OCc1ccccc1. The molecule has 1 fully saturated rings. The van der Waals surface area contributed by atoms with Crippen LogP contribution in [0.3, 0.4) is 0 Å². The Morgan fingerprint density at radius 3 is 2.69 bits per heavy atom. The molecule has 0 saturated heterocycles. The number of aliphatic hydroxyl groups excluding tert-OH is 1. The first kappa shape index (κ1) is 11.1. The normalized spacial score (nSPS) is 22.8. The van der Waals surface area contributed by atoms with Crippen LogP contribution < -0.4 is 0 Å². The van der Waals surface area contributed by atoms with Crippen LogP contribution in [-0.4, -0.2) is 17.2 Å². The van der Waals surface area contributed by atoms with Gasteiger partial charge >= 0.3 is 5.97 Å². The molecule has 0 amide bonds. The van der Waals surface area contributed by atoms with Gasteiger partial charge in [-0.1, -0.05) is 30.3 Å². The predicted octanol–water partition coefficient (Wildman–Crippen LogP) is 1.89. The number of ether oxygens (including phenoxy) is 1. The fourth-order valence-electron chi connectivity index (χ4n) is 1.66. The molecule has 1 aliphatic carbocycles. The maximum Gasteiger partial charge on any atom is 0.306 e. The Bertz CT molecular complexity index is 347. The number of esters is 1. The van der Waals surface area contributed by atoms with Crippen molar-refractivity contribution in [3.8, 4) is 0 Å². The molecule has 3 heteroatoms. The van der Waals surface area contributed by atoms with E-state index in [9.17, 15) is 4.79 Å². The lowest BCUT2D eigenvalue weighted by Crippen LogP contribution is -2.05. The van der Waals surface area contributed by atoms with E-state index >= 15 is 0 Å². The predicted molar refractivity (Wildman–Crippen MR) is 59.6 cm³/mol. The van der Waals surface area contributed by atoms with E-state index in [1.54, 1.807) is 0 Å². The maximum atomic E-state index is 11.4. The van der Waals surface area contributed by atoms with Gasteiger partial charge in [0.05, 0.1) is 6.10 Å². The van der Waals surface area contributed by atoms with Crippen LogP contribution in [-0.2, 0) is 16.1 Å². The number of carbonyl (C=O) groups is 1. The zero-order valence-corrected chi connectivity index (χ0v) is 9.13. The molecule has 1 saturated carbocycles. The second kappa shape index (κ2) is 5.12. The van der Waals surface area contributed by atoms with Crippen LogP contribution in [0.5, 0.6) is 0 Å². The van der Waals surface area contributed by atoms with Crippen LogP contribution >= 0.6 is 0 Å². The quantitative estimate of drug-likeness (QED) is 0.771. The van der Waals surface area contributed by atoms with Crippen LogP contribution in [0.15, 0.2) is 30.3 Å². The van der Waals surface area contributed by atoms with Gasteiger partial charge < -0.3 is 9.84 Å². The number of rotatable bonds is 5. The highest BCUT2D eigenvalue weighted by atomic mass is 16.5. The van der Waals surface area contributed by atoms with Gasteiger partial charge in [-0.3, -0.25) is 4.79 Å². The molecular weight excluding hydrogens is 204 g/mol. The molecule has 0 aliphatic heterocycles. The topological polar surface area (TPSA) is 46.5 Å². The van der Waals surface area contributed by atoms with Crippen molar-refractivity contribution in [3.63, 3.8) is 0 Å². The maximum absolute atomic E-state index is 11.4. The molecule has 2 rings (SSSR count). The van der Waals surface area contributed by atoms with E-state index in [2.05, 4.69) is 0 Å². The molecule has 1 aliphatic rings. The highest BCUT2D eigenvalue weighted by Crippen LogP contribution is 2.34. The first-order valence-corrected chi connectivity index (χ1v) is 5.63. The van der Waals surface area contributed by atoms with Crippen molar-refractivity contribution in [3.05, 3.63) is 35.9 Å². The lowest BCUT2D eigenvalue weighted by atomic mass is 10.2. The monoisotopic (exact) mass is 220 g/mol. The Morgan fingerprint density at radius 1 is 1.38 bits per heavy atom. The summed E-state index contributed by atoms with van der Waals surface area (Å²) < 4.78 is 5.12. The van der Waals surface area contributed by atoms with Gasteiger partial charge in [0, 0.05) is 6.42 Å². The van der Waals surface area contributed by atoms with Crippen molar-refractivity contribution in [2.45, 2.75) is 32.0 Å². The number of hydrogen-bond acceptors (Lipinski definition) is 3. The number of aliphatic hydroxyl groups is 1. The van der Waals surface area contributed by atoms with Crippen LogP contribution in [0, 0.1) is 5.92 Å². The third-order valence-corrected chi connectivity index (χ3v) is 2.85. The van der Waals surface area contributed by atoms with E-state index < -0.39 is 0 Å². The van der Waals surface area contributed by atoms with Crippen molar-refractivity contribution < 1.29 is 14.6 Å². The summed E-state index contributed by atoms with van der Waals surface area (Å²) in [6, 6.07) is 9.63. The molecule has 86 valence electrons. The van der Waals surface area contributed by atoms with E-state index in [4.69, 9.17) is 9.84 Å². The molecule has 0 spiro atoms. The second-order valence-electron chi connectivity index (χ2n) is 4.25. The molecule has 1 aromatic carbocycles. The Hall–Kier alpha value is -1.35. The Morgan fingerprint density at radius 2 is 2.06 bits per heavy atom. The summed E-state index contributed by atoms with van der Waals surface area (Å²) in [6.07, 6.45) is 1.82. The smallest absolute Gasteiger partial charge is 0.306 e. The highest BCUT2D eigenvalue weighted by molar-refractivity contribution is 5.69. The third kappa shape index (κ3) is 3.35. The van der Waals surface area contributed by atoms with Crippen LogP contribution in [0.1, 0.15) is 24.8 Å². The molecule has 1 aromatic rings. The van der Waals surface area contributed by atoms with Crippen molar-refractivity contribution in [2.75, 3.05) is 0 Å². The van der Waals surface area contributed by atoms with E-state index in [1.165, 1.54) is 0 Å². The van der Waals surface area contributed by atoms with E-state index in [1.807, 2.05) is 30.3 Å². The average Bonchev–Trinajstić information content (AvgIpc) is 3.01. The summed E-state index contributed by atoms with van der Waals surface area (Å²) in [5.74, 6) is 0.146. The number of hydrogen-bond donors (Lipinski definition) is 1. The van der Waals surface area contributed by atoms with Gasteiger partial charge in [-0.15, -0.1) is 0 Å². The summed E-state index contributed by atoms with van der Waals surface area (Å²) in [7, 11) is 0. The molecule has 0 heterocycles. The minimum atomic E-state index is -0.179. The van der Waals surface area contributed by atoms with Crippen molar-refractivity contribution in [2.24, 2.45) is 5.92 Å². The first-order chi connectivity index (χ1) is 7.75. The first-order valence-electron chi connectivity index (χ1n) is 5.63. The minimum absolute atomic E-state index is 0.178. The standard InChI is InChI=1S/C13H16O3/c14-12-8-11(12)6-7-13(15)16-9-10-4-2-1-3-5-10/h1-5,11-12,14H,6-9H2. The zero-order valence-electron chi connectivity index (χ0n) is 9.13. The van der Waals surface area contributed by atoms with Crippen LogP contribution in [0.25, 0.3) is 0 Å². The second-order valence-corrected chi connectivity index (χ2v) is 4.25. The van der Waals surface area contributed by atoms with E-state index in [0.29, 0.717) is 18.9 Å². The fraction of sp³-hybridized carbons (Fsp3) is 0.462. The Kier molecular flexibility index (Phi) is 3.57. The average molecular weight is 220 g/mol. The van der Waals surface area contributed by atoms with Crippen LogP contribution in [0.2, 0.25) is 0 Å². The van der Waals surface area contributed by atoms with Gasteiger partial charge in [0.15, 0.2) is 0 Å². The van der Waals surface area contributed by atoms with E-state index in [0.717, 1.165) is 18.4 Å². The van der Waals surface area contributed by atoms with Crippen molar-refractivity contribution in [1.82, 2.24) is 0 Å². The third-order valence-electron chi connectivity index (χ3n) is 2.85. The lowest BCUT2D eigenvalue weighted by molar-refractivity contribution is -0.145. The zero-order chi connectivity index (χ0) is 11.4. The van der Waals surface area contributed by atoms with Gasteiger partial charge in [0.2, 0.25) is 0 Å². The largest absolute Gasteiger partial charge is 0.461 e. The molecule has 2 unspecified atom stereocenters. The summed E-state index contributed by atoms with van der Waals surface area (Å²) in [5, 5.41) is 9.10. The molecule has 2 atom stereocenters. The van der Waals surface area contributed by atoms with Gasteiger partial charge in [-0.05, 0) is 24.3 Å². The molecular formula is C13H16O3. The lowest BCUT2D eigenvalue weighted by Gasteiger charge is -2.04. The highest BCUT2D eigenvalue weighted by Gasteiger charge is 2.34. The van der Waals surface area contributed by atoms with Gasteiger partial charge in [0.1, 0.15) is 6.61 Å². The van der Waals surface area contributed by atoms with Gasteiger partial charge in [-0.2, -0.15) is 0 Å². The minimum Gasteiger partial charge on any atom is -0.461 e. The van der Waals surface area contributed by atoms with Gasteiger partial charge in [-0.25, -0.2) is 0 Å². The fourth-order valence-corrected chi connectivity index (χ4v) is 1.66. The number of carbonyl (C=O) groups excluding carboxylic acids is 1. The number of benzene rings is 1. The van der Waals surface area contributed by atoms with Gasteiger partial charge in [0.25, 0.3) is 0 Å². The van der Waals surface area contributed by atoms with Crippen LogP contribution in [0.4, 0.5) is 0 Å². The molecule has 0 bridgehead atoms. The molecule has 3 nitrogen and oxygen atoms in total. The summed E-state index contributed by atoms with van der Waals surface area (Å²) >= 11 is 0. The Balaban J connectivity index is 1.64.